The average Bonchev–Trinajstić information content (AvgIpc) is 1.76. The van der Waals surface area contributed by atoms with Crippen LogP contribution in [0.1, 0.15) is 0 Å². The molecule has 1 aliphatic rings. The minimum absolute atomic E-state index is 0.403. The molecule has 1 rings (SSSR count). The molecule has 0 aromatic heterocycles. The van der Waals surface area contributed by atoms with Gasteiger partial charge in [0.2, 0.25) is 0 Å². The molecule has 1 N–H and O–H groups in total. The number of rotatable bonds is 0. The van der Waals surface area contributed by atoms with Crippen molar-refractivity contribution in [3.05, 3.63) is 11.2 Å². The van der Waals surface area contributed by atoms with E-state index in [9.17, 15) is 0 Å². The Labute approximate surface area is 36.2 Å². The molecule has 0 aromatic rings. The van der Waals surface area contributed by atoms with Crippen molar-refractivity contribution in [1.29, 1.82) is 0 Å². The first kappa shape index (κ1) is 3.07. The summed E-state index contributed by atoms with van der Waals surface area (Å²) in [6.07, 6.45) is 1.85. The van der Waals surface area contributed by atoms with Gasteiger partial charge in [-0.25, -0.2) is 0 Å². The summed E-state index contributed by atoms with van der Waals surface area (Å²) in [5, 5.41) is 0. The summed E-state index contributed by atoms with van der Waals surface area (Å²) >= 11 is 0.403. The monoisotopic (exact) mass is 135 g/mol. The molecule has 0 unspecified atom stereocenters. The van der Waals surface area contributed by atoms with Gasteiger partial charge in [0.25, 0.3) is 0 Å². The first-order valence-electron chi connectivity index (χ1n) is 1.26. The van der Waals surface area contributed by atoms with Crippen LogP contribution in [0.4, 0.5) is 0 Å². The van der Waals surface area contributed by atoms with Crippen molar-refractivity contribution in [3.63, 3.8) is 0 Å². The third kappa shape index (κ3) is 0.565. The Balaban J connectivity index is 2.61. The van der Waals surface area contributed by atoms with Crippen molar-refractivity contribution in [2.24, 2.45) is 4.07 Å². The van der Waals surface area contributed by atoms with E-state index in [-0.39, 0.29) is 0 Å². The van der Waals surface area contributed by atoms with Crippen molar-refractivity contribution in [3.8, 4) is 0 Å². The predicted molar refractivity (Wildman–Crippen MR) is 20.5 cm³/mol. The molecule has 0 saturated carbocycles. The molecule has 5 heavy (non-hydrogen) atoms. The third-order valence-electron chi connectivity index (χ3n) is 0.309. The van der Waals surface area contributed by atoms with Crippen LogP contribution in [0.5, 0.6) is 0 Å². The van der Waals surface area contributed by atoms with Crippen LogP contribution in [0.25, 0.3) is 0 Å². The van der Waals surface area contributed by atoms with E-state index >= 15 is 0 Å². The first-order valence-corrected chi connectivity index (χ1v) is 3.02. The van der Waals surface area contributed by atoms with Crippen LogP contribution >= 0.6 is 0 Å². The number of nitrogens with zero attached hydrogens (tertiary/aromatic N) is 1. The summed E-state index contributed by atoms with van der Waals surface area (Å²) in [4.78, 5) is 2.02. The van der Waals surface area contributed by atoms with E-state index in [4.69, 9.17) is 0 Å². The molecule has 1 aliphatic heterocycles. The first-order chi connectivity index (χ1) is 2.50. The summed E-state index contributed by atoms with van der Waals surface area (Å²) in [5.41, 5.74) is 2.69. The second kappa shape index (κ2) is 1.34. The average molecular weight is 134 g/mol. The molecule has 3 heteroatoms. The molecule has 0 aromatic carbocycles. The fourth-order valence-corrected chi connectivity index (χ4v) is 0.791. The van der Waals surface area contributed by atoms with E-state index in [2.05, 4.69) is 9.50 Å². The fraction of sp³-hybridized carbons (Fsp3) is 0. The van der Waals surface area contributed by atoms with Crippen molar-refractivity contribution >= 4 is 14.8 Å². The Bertz CT molecular complexity index is 65.7. The number of nitrogens with one attached hydrogen (secondary N) is 1. The van der Waals surface area contributed by atoms with Crippen LogP contribution in [0.15, 0.2) is 15.2 Å². The van der Waals surface area contributed by atoms with E-state index < -0.39 is 0 Å². The molecule has 0 bridgehead atoms. The van der Waals surface area contributed by atoms with Gasteiger partial charge < -0.3 is 0 Å². The summed E-state index contributed by atoms with van der Waals surface area (Å²) < 4.78 is 3.78. The molecule has 27 valence electrons. The molecule has 0 spiro atoms. The van der Waals surface area contributed by atoms with Gasteiger partial charge >= 0.3 is 35.4 Å². The molecule has 0 fully saturated rings. The van der Waals surface area contributed by atoms with Crippen LogP contribution in [-0.4, -0.2) is 14.8 Å². The SMILES string of the molecule is C1=C[Se]=NN1. The van der Waals surface area contributed by atoms with Crippen molar-refractivity contribution < 1.29 is 0 Å². The Hall–Kier alpha value is -0.141. The maximum absolute atomic E-state index is 3.78. The molecule has 2 nitrogen and oxygen atoms in total. The van der Waals surface area contributed by atoms with E-state index in [0.29, 0.717) is 14.8 Å². The second-order valence-electron chi connectivity index (χ2n) is 0.629. The Kier molecular flexibility index (Phi) is 0.819. The van der Waals surface area contributed by atoms with Gasteiger partial charge in [-0.05, 0) is 0 Å². The summed E-state index contributed by atoms with van der Waals surface area (Å²) in [6.45, 7) is 0. The zero-order chi connectivity index (χ0) is 3.54. The maximum atomic E-state index is 3.78. The molecular formula is C2H3N2Se. The van der Waals surface area contributed by atoms with Gasteiger partial charge in [0.15, 0.2) is 0 Å². The van der Waals surface area contributed by atoms with Crippen molar-refractivity contribution in [2.75, 3.05) is 0 Å². The summed E-state index contributed by atoms with van der Waals surface area (Å²) in [7, 11) is 0. The van der Waals surface area contributed by atoms with Crippen LogP contribution < -0.4 is 5.43 Å². The van der Waals surface area contributed by atoms with E-state index in [0.717, 1.165) is 0 Å². The van der Waals surface area contributed by atoms with Gasteiger partial charge in [-0.1, -0.05) is 0 Å². The zero-order valence-corrected chi connectivity index (χ0v) is 4.22. The minimum atomic E-state index is 0.403. The van der Waals surface area contributed by atoms with Crippen molar-refractivity contribution in [1.82, 2.24) is 5.43 Å². The quantitative estimate of drug-likeness (QED) is 0.458. The molecular weight excluding hydrogens is 131 g/mol. The van der Waals surface area contributed by atoms with Crippen LogP contribution in [0.3, 0.4) is 0 Å². The van der Waals surface area contributed by atoms with Gasteiger partial charge in [-0.15, -0.1) is 0 Å². The summed E-state index contributed by atoms with van der Waals surface area (Å²) in [5.74, 6) is 0. The molecule has 0 aliphatic carbocycles. The Morgan fingerprint density at radius 3 is 3.00 bits per heavy atom. The number of hydrogen-bond donors (Lipinski definition) is 1. The van der Waals surface area contributed by atoms with Gasteiger partial charge in [0.1, 0.15) is 0 Å². The molecule has 1 radical (unpaired) electrons. The van der Waals surface area contributed by atoms with E-state index in [1.165, 1.54) is 0 Å². The van der Waals surface area contributed by atoms with E-state index in [1.54, 1.807) is 0 Å². The standard InChI is InChI=1S/C2H3N2Se/c1-2-5-4-3-1/h1-3H. The van der Waals surface area contributed by atoms with Crippen molar-refractivity contribution in [2.45, 2.75) is 0 Å². The molecule has 1 heterocycles. The van der Waals surface area contributed by atoms with Gasteiger partial charge in [0.05, 0.1) is 0 Å². The molecule has 0 atom stereocenters. The zero-order valence-electron chi connectivity index (χ0n) is 2.51. The Morgan fingerprint density at radius 2 is 2.80 bits per heavy atom. The van der Waals surface area contributed by atoms with Crippen LogP contribution in [0.2, 0.25) is 0 Å². The Morgan fingerprint density at radius 1 is 1.80 bits per heavy atom. The van der Waals surface area contributed by atoms with E-state index in [1.807, 2.05) is 11.2 Å². The molecule has 0 amide bonds. The third-order valence-corrected chi connectivity index (χ3v) is 1.29. The number of hydrogen-bond acceptors (Lipinski definition) is 2. The topological polar surface area (TPSA) is 24.4 Å². The van der Waals surface area contributed by atoms with Crippen LogP contribution in [-0.2, 0) is 0 Å². The van der Waals surface area contributed by atoms with Gasteiger partial charge in [-0.2, -0.15) is 0 Å². The normalized spacial score (nSPS) is 16.0. The van der Waals surface area contributed by atoms with Gasteiger partial charge in [-0.3, -0.25) is 0 Å². The second-order valence-corrected chi connectivity index (χ2v) is 2.02. The van der Waals surface area contributed by atoms with Gasteiger partial charge in [0, 0.05) is 0 Å². The summed E-state index contributed by atoms with van der Waals surface area (Å²) in [6, 6.07) is 0. The molecule has 0 saturated heterocycles. The predicted octanol–water partition coefficient (Wildman–Crippen LogP) is -0.136. The van der Waals surface area contributed by atoms with Crippen LogP contribution in [0, 0.1) is 0 Å². The fourth-order valence-electron chi connectivity index (χ4n) is 0.152.